The van der Waals surface area contributed by atoms with Gasteiger partial charge in [0.15, 0.2) is 0 Å². The second-order valence-electron chi connectivity index (χ2n) is 6.11. The van der Waals surface area contributed by atoms with Crippen LogP contribution < -0.4 is 0 Å². The van der Waals surface area contributed by atoms with Gasteiger partial charge in [0.2, 0.25) is 11.8 Å². The number of ether oxygens (including phenoxy) is 1. The summed E-state index contributed by atoms with van der Waals surface area (Å²) in [6, 6.07) is -0.473. The van der Waals surface area contributed by atoms with Crippen molar-refractivity contribution >= 4 is 29.5 Å². The Kier molecular flexibility index (Phi) is 5.91. The number of piperidine rings is 1. The van der Waals surface area contributed by atoms with Gasteiger partial charge in [-0.25, -0.2) is 0 Å². The summed E-state index contributed by atoms with van der Waals surface area (Å²) in [4.78, 5) is 39.7. The molecule has 0 aromatic carbocycles. The molecule has 130 valence electrons. The van der Waals surface area contributed by atoms with Crippen molar-refractivity contribution in [2.75, 3.05) is 38.4 Å². The van der Waals surface area contributed by atoms with E-state index in [1.54, 1.807) is 28.5 Å². The van der Waals surface area contributed by atoms with Crippen LogP contribution in [0.2, 0.25) is 0 Å². The van der Waals surface area contributed by atoms with Crippen LogP contribution >= 0.6 is 11.8 Å². The molecule has 0 saturated carbocycles. The molecule has 2 saturated heterocycles. The molecule has 0 bridgehead atoms. The van der Waals surface area contributed by atoms with Crippen molar-refractivity contribution in [1.82, 2.24) is 9.80 Å². The number of hydrogen-bond acceptors (Lipinski definition) is 5. The molecule has 2 atom stereocenters. The number of nitrogens with zero attached hydrogens (tertiary/aromatic N) is 2. The molecular weight excluding hydrogens is 320 g/mol. The zero-order chi connectivity index (χ0) is 17.0. The number of aliphatic carboxylic acids is 1. The highest BCUT2D eigenvalue weighted by Crippen LogP contribution is 2.32. The number of methoxy groups -OCH3 is 1. The second-order valence-corrected chi connectivity index (χ2v) is 7.11. The zero-order valence-corrected chi connectivity index (χ0v) is 14.4. The van der Waals surface area contributed by atoms with Gasteiger partial charge in [-0.2, -0.15) is 0 Å². The van der Waals surface area contributed by atoms with Gasteiger partial charge in [-0.05, 0) is 12.8 Å². The lowest BCUT2D eigenvalue weighted by atomic mass is 9.80. The van der Waals surface area contributed by atoms with Crippen molar-refractivity contribution in [2.45, 2.75) is 32.2 Å². The number of carbonyl (C=O) groups excluding carboxylic acids is 2. The van der Waals surface area contributed by atoms with E-state index in [-0.39, 0.29) is 25.0 Å². The van der Waals surface area contributed by atoms with Crippen LogP contribution in [0.5, 0.6) is 0 Å². The fraction of sp³-hybridized carbons (Fsp3) is 0.800. The van der Waals surface area contributed by atoms with Crippen LogP contribution in [-0.4, -0.2) is 77.2 Å². The molecule has 2 amide bonds. The van der Waals surface area contributed by atoms with Crippen LogP contribution in [0.25, 0.3) is 0 Å². The Bertz CT molecular complexity index is 482. The van der Waals surface area contributed by atoms with E-state index in [0.29, 0.717) is 37.4 Å². The van der Waals surface area contributed by atoms with Crippen molar-refractivity contribution < 1.29 is 24.2 Å². The highest BCUT2D eigenvalue weighted by Gasteiger charge is 2.46. The Morgan fingerprint density at radius 3 is 2.74 bits per heavy atom. The minimum atomic E-state index is -1.05. The molecule has 2 aliphatic rings. The first kappa shape index (κ1) is 18.1. The van der Waals surface area contributed by atoms with Gasteiger partial charge in [0.1, 0.15) is 11.5 Å². The maximum Gasteiger partial charge on any atom is 0.313 e. The lowest BCUT2D eigenvalue weighted by molar-refractivity contribution is -0.160. The first-order chi connectivity index (χ1) is 10.9. The van der Waals surface area contributed by atoms with Crippen LogP contribution in [0.1, 0.15) is 26.2 Å². The fourth-order valence-electron chi connectivity index (χ4n) is 3.26. The predicted octanol–water partition coefficient (Wildman–Crippen LogP) is 0.638. The number of carbonyl (C=O) groups is 3. The topological polar surface area (TPSA) is 87.2 Å². The summed E-state index contributed by atoms with van der Waals surface area (Å²) in [5.74, 6) is -0.00563. The molecule has 2 aliphatic heterocycles. The molecule has 0 radical (unpaired) electrons. The first-order valence-corrected chi connectivity index (χ1v) is 8.99. The molecule has 2 fully saturated rings. The van der Waals surface area contributed by atoms with Crippen molar-refractivity contribution in [2.24, 2.45) is 5.41 Å². The molecule has 7 nitrogen and oxygen atoms in total. The molecule has 8 heteroatoms. The summed E-state index contributed by atoms with van der Waals surface area (Å²) in [6.45, 7) is 2.54. The molecule has 0 spiro atoms. The lowest BCUT2D eigenvalue weighted by Gasteiger charge is -2.41. The van der Waals surface area contributed by atoms with Crippen molar-refractivity contribution in [3.8, 4) is 0 Å². The van der Waals surface area contributed by atoms with Crippen molar-refractivity contribution in [3.05, 3.63) is 0 Å². The van der Waals surface area contributed by atoms with E-state index >= 15 is 0 Å². The largest absolute Gasteiger partial charge is 0.481 e. The quantitative estimate of drug-likeness (QED) is 0.787. The number of carboxylic acids is 1. The summed E-state index contributed by atoms with van der Waals surface area (Å²) in [6.07, 6.45) is 1.49. The number of amides is 2. The standard InChI is InChI=1S/C15H24N2O5S/c1-3-12(18)17-10-23-7-11(17)13(19)16-6-4-5-15(8-16,9-22-2)14(20)21/h11H,3-10H2,1-2H3,(H,20,21). The van der Waals surface area contributed by atoms with Crippen LogP contribution in [0.3, 0.4) is 0 Å². The normalized spacial score (nSPS) is 28.0. The minimum Gasteiger partial charge on any atom is -0.481 e. The number of hydrogen-bond donors (Lipinski definition) is 1. The molecular formula is C15H24N2O5S. The van der Waals surface area contributed by atoms with Crippen LogP contribution in [0.4, 0.5) is 0 Å². The van der Waals surface area contributed by atoms with Gasteiger partial charge in [0.05, 0.1) is 12.5 Å². The monoisotopic (exact) mass is 344 g/mol. The summed E-state index contributed by atoms with van der Waals surface area (Å²) >= 11 is 1.56. The predicted molar refractivity (Wildman–Crippen MR) is 86.0 cm³/mol. The SMILES string of the molecule is CCC(=O)N1CSCC1C(=O)N1CCCC(COC)(C(=O)O)C1. The Balaban J connectivity index is 2.12. The highest BCUT2D eigenvalue weighted by molar-refractivity contribution is 7.99. The van der Waals surface area contributed by atoms with Gasteiger partial charge in [-0.15, -0.1) is 11.8 Å². The summed E-state index contributed by atoms with van der Waals surface area (Å²) in [5, 5.41) is 9.58. The van der Waals surface area contributed by atoms with Gasteiger partial charge < -0.3 is 19.6 Å². The van der Waals surface area contributed by atoms with Gasteiger partial charge in [-0.3, -0.25) is 14.4 Å². The zero-order valence-electron chi connectivity index (χ0n) is 13.6. The maximum absolute atomic E-state index is 12.8. The molecule has 2 unspecified atom stereocenters. The third-order valence-corrected chi connectivity index (χ3v) is 5.57. The van der Waals surface area contributed by atoms with E-state index in [4.69, 9.17) is 4.74 Å². The molecule has 0 aliphatic carbocycles. The highest BCUT2D eigenvalue weighted by atomic mass is 32.2. The van der Waals surface area contributed by atoms with Crippen molar-refractivity contribution in [1.29, 1.82) is 0 Å². The van der Waals surface area contributed by atoms with E-state index in [9.17, 15) is 19.5 Å². The first-order valence-electron chi connectivity index (χ1n) is 7.83. The second kappa shape index (κ2) is 7.53. The lowest BCUT2D eigenvalue weighted by Crippen LogP contribution is -2.56. The smallest absolute Gasteiger partial charge is 0.313 e. The maximum atomic E-state index is 12.8. The van der Waals surface area contributed by atoms with Crippen LogP contribution in [0, 0.1) is 5.41 Å². The Labute approximate surface area is 140 Å². The average Bonchev–Trinajstić information content (AvgIpc) is 3.03. The van der Waals surface area contributed by atoms with E-state index in [1.807, 2.05) is 0 Å². The van der Waals surface area contributed by atoms with Crippen LogP contribution in [0.15, 0.2) is 0 Å². The molecule has 2 heterocycles. The summed E-state index contributed by atoms with van der Waals surface area (Å²) < 4.78 is 5.09. The molecule has 1 N–H and O–H groups in total. The van der Waals surface area contributed by atoms with Gasteiger partial charge in [0.25, 0.3) is 0 Å². The average molecular weight is 344 g/mol. The molecule has 0 aromatic rings. The summed E-state index contributed by atoms with van der Waals surface area (Å²) in [5.41, 5.74) is -1.05. The number of likely N-dealkylation sites (tertiary alicyclic amines) is 1. The third kappa shape index (κ3) is 3.63. The Hall–Kier alpha value is -1.28. The molecule has 23 heavy (non-hydrogen) atoms. The van der Waals surface area contributed by atoms with Crippen molar-refractivity contribution in [3.63, 3.8) is 0 Å². The van der Waals surface area contributed by atoms with Gasteiger partial charge >= 0.3 is 5.97 Å². The third-order valence-electron chi connectivity index (χ3n) is 4.55. The number of thioether (sulfide) groups is 1. The fourth-order valence-corrected chi connectivity index (χ4v) is 4.43. The number of carboxylic acid groups (broad SMARTS) is 1. The molecule has 2 rings (SSSR count). The van der Waals surface area contributed by atoms with E-state index in [1.165, 1.54) is 7.11 Å². The molecule has 0 aromatic heterocycles. The van der Waals surface area contributed by atoms with E-state index < -0.39 is 17.4 Å². The van der Waals surface area contributed by atoms with E-state index in [0.717, 1.165) is 0 Å². The van der Waals surface area contributed by atoms with E-state index in [2.05, 4.69) is 0 Å². The van der Waals surface area contributed by atoms with Crippen LogP contribution in [-0.2, 0) is 19.1 Å². The summed E-state index contributed by atoms with van der Waals surface area (Å²) in [7, 11) is 1.47. The Morgan fingerprint density at radius 1 is 1.39 bits per heavy atom. The Morgan fingerprint density at radius 2 is 2.13 bits per heavy atom. The van der Waals surface area contributed by atoms with Gasteiger partial charge in [-0.1, -0.05) is 6.92 Å². The van der Waals surface area contributed by atoms with Gasteiger partial charge in [0, 0.05) is 32.4 Å². The minimum absolute atomic E-state index is 0.0354. The number of rotatable bonds is 5.